The smallest absolute Gasteiger partial charge is 0.326 e. The normalized spacial score (nSPS) is 11.5. The van der Waals surface area contributed by atoms with Gasteiger partial charge in [-0.1, -0.05) is 36.4 Å². The van der Waals surface area contributed by atoms with E-state index in [0.29, 0.717) is 17.7 Å². The molecule has 0 aliphatic heterocycles. The molecule has 0 saturated heterocycles. The first kappa shape index (κ1) is 19.6. The van der Waals surface area contributed by atoms with Crippen molar-refractivity contribution in [3.63, 3.8) is 0 Å². The molecule has 6 nitrogen and oxygen atoms in total. The van der Waals surface area contributed by atoms with Gasteiger partial charge in [0.05, 0.1) is 12.2 Å². The largest absolute Gasteiger partial charge is 0.433 e. The van der Waals surface area contributed by atoms with E-state index < -0.39 is 17.8 Å². The van der Waals surface area contributed by atoms with E-state index >= 15 is 0 Å². The lowest BCUT2D eigenvalue weighted by Gasteiger charge is -2.10. The van der Waals surface area contributed by atoms with Crippen LogP contribution in [0.25, 0.3) is 11.3 Å². The molecule has 1 heterocycles. The summed E-state index contributed by atoms with van der Waals surface area (Å²) in [5.74, 6) is -0.704. The van der Waals surface area contributed by atoms with Gasteiger partial charge in [-0.2, -0.15) is 18.3 Å². The van der Waals surface area contributed by atoms with Crippen molar-refractivity contribution in [3.8, 4) is 11.3 Å². The first-order valence-electron chi connectivity index (χ1n) is 8.29. The lowest BCUT2D eigenvalue weighted by molar-refractivity contribution is -0.144. The predicted octanol–water partition coefficient (Wildman–Crippen LogP) is 3.19. The number of nitrogens with two attached hydrogens (primary N) is 1. The van der Waals surface area contributed by atoms with Crippen molar-refractivity contribution in [1.82, 2.24) is 15.3 Å². The minimum atomic E-state index is -4.57. The molecule has 0 radical (unpaired) electrons. The van der Waals surface area contributed by atoms with Gasteiger partial charge in [0.15, 0.2) is 0 Å². The van der Waals surface area contributed by atoms with Crippen LogP contribution >= 0.6 is 0 Å². The van der Waals surface area contributed by atoms with Crippen molar-refractivity contribution < 1.29 is 23.2 Å². The van der Waals surface area contributed by atoms with Crippen LogP contribution in [0.5, 0.6) is 0 Å². The molecule has 0 bridgehead atoms. The average molecular weight is 390 g/mol. The Balaban J connectivity index is 1.93. The summed E-state index contributed by atoms with van der Waals surface area (Å²) in [7, 11) is 0. The number of nitrogens with one attached hydrogen (secondary N) is 1. The number of alkyl halides is 3. The van der Waals surface area contributed by atoms with Crippen molar-refractivity contribution >= 4 is 5.91 Å². The molecule has 0 unspecified atom stereocenters. The molecule has 1 aromatic heterocycles. The summed E-state index contributed by atoms with van der Waals surface area (Å²) < 4.78 is 41.3. The Kier molecular flexibility index (Phi) is 5.48. The number of hydroxylamine groups is 1. The van der Waals surface area contributed by atoms with E-state index in [9.17, 15) is 18.0 Å². The van der Waals surface area contributed by atoms with Crippen LogP contribution in [-0.4, -0.2) is 20.9 Å². The van der Waals surface area contributed by atoms with Crippen molar-refractivity contribution in [1.29, 1.82) is 0 Å². The summed E-state index contributed by atoms with van der Waals surface area (Å²) in [6.07, 6.45) is -4.57. The van der Waals surface area contributed by atoms with Crippen LogP contribution in [0.3, 0.4) is 0 Å². The summed E-state index contributed by atoms with van der Waals surface area (Å²) in [6.45, 7) is 0.212. The third kappa shape index (κ3) is 4.21. The van der Waals surface area contributed by atoms with Gasteiger partial charge in [-0.05, 0) is 29.3 Å². The van der Waals surface area contributed by atoms with Gasteiger partial charge in [-0.3, -0.25) is 14.7 Å². The molecule has 3 rings (SSSR count). The van der Waals surface area contributed by atoms with E-state index in [2.05, 4.69) is 5.10 Å². The Labute approximate surface area is 158 Å². The predicted molar refractivity (Wildman–Crippen MR) is 95.4 cm³/mol. The van der Waals surface area contributed by atoms with Crippen LogP contribution < -0.4 is 11.2 Å². The summed E-state index contributed by atoms with van der Waals surface area (Å²) >= 11 is 0. The van der Waals surface area contributed by atoms with Gasteiger partial charge in [0.25, 0.3) is 5.91 Å². The molecule has 0 fully saturated rings. The molecular weight excluding hydrogens is 373 g/mol. The van der Waals surface area contributed by atoms with Gasteiger partial charge in [0.2, 0.25) is 0 Å². The van der Waals surface area contributed by atoms with Crippen molar-refractivity contribution in [2.45, 2.75) is 19.3 Å². The SMILES string of the molecule is NCc1ccc(-c2cc(C(F)(F)F)n(Cc3ccc(C(=O)NO)cc3)n2)cc1. The maximum atomic E-state index is 13.5. The number of hydrogen-bond acceptors (Lipinski definition) is 4. The second kappa shape index (κ2) is 7.83. The number of carbonyl (C=O) groups excluding carboxylic acids is 1. The number of aromatic nitrogens is 2. The highest BCUT2D eigenvalue weighted by Gasteiger charge is 2.36. The number of halogens is 3. The van der Waals surface area contributed by atoms with Gasteiger partial charge < -0.3 is 5.73 Å². The molecule has 0 aliphatic carbocycles. The van der Waals surface area contributed by atoms with E-state index in [4.69, 9.17) is 10.9 Å². The highest BCUT2D eigenvalue weighted by atomic mass is 19.4. The highest BCUT2D eigenvalue weighted by Crippen LogP contribution is 2.33. The lowest BCUT2D eigenvalue weighted by Crippen LogP contribution is -2.18. The van der Waals surface area contributed by atoms with Crippen LogP contribution in [0.15, 0.2) is 54.6 Å². The van der Waals surface area contributed by atoms with Gasteiger partial charge >= 0.3 is 6.18 Å². The van der Waals surface area contributed by atoms with Crippen molar-refractivity contribution in [3.05, 3.63) is 77.0 Å². The maximum Gasteiger partial charge on any atom is 0.433 e. The summed E-state index contributed by atoms with van der Waals surface area (Å²) in [5, 5.41) is 12.7. The van der Waals surface area contributed by atoms with Crippen molar-refractivity contribution in [2.24, 2.45) is 5.73 Å². The molecule has 2 aromatic carbocycles. The Morgan fingerprint density at radius 3 is 2.21 bits per heavy atom. The summed E-state index contributed by atoms with van der Waals surface area (Å²) in [4.78, 5) is 11.3. The minimum absolute atomic E-state index is 0.128. The van der Waals surface area contributed by atoms with Gasteiger partial charge in [0, 0.05) is 17.7 Å². The van der Waals surface area contributed by atoms with Gasteiger partial charge in [0.1, 0.15) is 5.69 Å². The molecular formula is C19H17F3N4O2. The molecule has 3 aromatic rings. The Hall–Kier alpha value is -3.17. The lowest BCUT2D eigenvalue weighted by atomic mass is 10.1. The van der Waals surface area contributed by atoms with Crippen LogP contribution in [0.4, 0.5) is 13.2 Å². The second-order valence-corrected chi connectivity index (χ2v) is 6.11. The van der Waals surface area contributed by atoms with E-state index in [1.807, 2.05) is 0 Å². The second-order valence-electron chi connectivity index (χ2n) is 6.11. The Morgan fingerprint density at radius 1 is 1.07 bits per heavy atom. The third-order valence-corrected chi connectivity index (χ3v) is 4.21. The average Bonchev–Trinajstić information content (AvgIpc) is 3.12. The van der Waals surface area contributed by atoms with Crippen LogP contribution in [0.2, 0.25) is 0 Å². The molecule has 9 heteroatoms. The highest BCUT2D eigenvalue weighted by molar-refractivity contribution is 5.93. The molecule has 4 N–H and O–H groups in total. The molecule has 0 saturated carbocycles. The standard InChI is InChI=1S/C19H17F3N4O2/c20-19(21,22)17-9-16(14-5-1-12(10-23)2-6-14)24-26(17)11-13-3-7-15(8-4-13)18(27)25-28/h1-9,28H,10-11,23H2,(H,25,27). The monoisotopic (exact) mass is 390 g/mol. The molecule has 28 heavy (non-hydrogen) atoms. The zero-order valence-corrected chi connectivity index (χ0v) is 14.6. The van der Waals surface area contributed by atoms with E-state index in [-0.39, 0.29) is 17.8 Å². The van der Waals surface area contributed by atoms with E-state index in [0.717, 1.165) is 16.3 Å². The first-order chi connectivity index (χ1) is 13.3. The topological polar surface area (TPSA) is 93.2 Å². The van der Waals surface area contributed by atoms with Crippen LogP contribution in [0.1, 0.15) is 27.2 Å². The number of rotatable bonds is 5. The number of amides is 1. The minimum Gasteiger partial charge on any atom is -0.326 e. The summed E-state index contributed by atoms with van der Waals surface area (Å²) in [6, 6.07) is 13.7. The van der Waals surface area contributed by atoms with Crippen LogP contribution in [-0.2, 0) is 19.3 Å². The fourth-order valence-corrected chi connectivity index (χ4v) is 2.72. The third-order valence-electron chi connectivity index (χ3n) is 4.21. The quantitative estimate of drug-likeness (QED) is 0.461. The van der Waals surface area contributed by atoms with Gasteiger partial charge in [-0.25, -0.2) is 5.48 Å². The van der Waals surface area contributed by atoms with E-state index in [1.165, 1.54) is 29.7 Å². The molecule has 1 amide bonds. The maximum absolute atomic E-state index is 13.5. The van der Waals surface area contributed by atoms with Crippen molar-refractivity contribution in [2.75, 3.05) is 0 Å². The number of carbonyl (C=O) groups is 1. The fraction of sp³-hybridized carbons (Fsp3) is 0.158. The molecule has 146 valence electrons. The number of hydrogen-bond donors (Lipinski definition) is 3. The number of benzene rings is 2. The van der Waals surface area contributed by atoms with Crippen LogP contribution in [0, 0.1) is 0 Å². The first-order valence-corrected chi connectivity index (χ1v) is 8.29. The summed E-state index contributed by atoms with van der Waals surface area (Å²) in [5.41, 5.74) is 8.49. The molecule has 0 spiro atoms. The van der Waals surface area contributed by atoms with Gasteiger partial charge in [-0.15, -0.1) is 0 Å². The zero-order chi connectivity index (χ0) is 20.3. The molecule has 0 atom stereocenters. The zero-order valence-electron chi connectivity index (χ0n) is 14.6. The Morgan fingerprint density at radius 2 is 1.68 bits per heavy atom. The molecule has 0 aliphatic rings. The van der Waals surface area contributed by atoms with E-state index in [1.54, 1.807) is 24.3 Å². The fourth-order valence-electron chi connectivity index (χ4n) is 2.72. The Bertz CT molecular complexity index is 964. The number of nitrogens with zero attached hydrogens (tertiary/aromatic N) is 2.